The maximum absolute atomic E-state index is 2.45. The van der Waals surface area contributed by atoms with E-state index in [-0.39, 0.29) is 16.8 Å². The average Bonchev–Trinajstić information content (AvgIpc) is 1.87. The van der Waals surface area contributed by atoms with Crippen LogP contribution in [-0.2, 0) is 0 Å². The lowest BCUT2D eigenvalue weighted by Gasteiger charge is -2.23. The van der Waals surface area contributed by atoms with E-state index in [1.54, 1.807) is 0 Å². The predicted molar refractivity (Wildman–Crippen MR) is 72.3 cm³/mol. The molecule has 0 N–H and O–H groups in total. The first-order valence-electron chi connectivity index (χ1n) is 4.35. The van der Waals surface area contributed by atoms with Crippen LogP contribution in [0.15, 0.2) is 0 Å². The van der Waals surface area contributed by atoms with E-state index in [0.29, 0.717) is 15.8 Å². The number of hydrogen-bond donors (Lipinski definition) is 0. The molecular weight excluding hydrogens is 192 g/mol. The SMILES string of the molecule is CC(C)[P@@](C)C[P@](C)C(C)C.[B].[B]. The molecule has 0 bridgehead atoms. The largest absolute Gasteiger partial charge is 0.103 e. The smallest absolute Gasteiger partial charge is 0 e. The van der Waals surface area contributed by atoms with Crippen LogP contribution in [0.5, 0.6) is 0 Å². The highest BCUT2D eigenvalue weighted by molar-refractivity contribution is 7.74. The summed E-state index contributed by atoms with van der Waals surface area (Å²) in [5.41, 5.74) is 1.85. The van der Waals surface area contributed by atoms with E-state index in [4.69, 9.17) is 0 Å². The van der Waals surface area contributed by atoms with Crippen molar-refractivity contribution < 1.29 is 0 Å². The minimum Gasteiger partial charge on any atom is -0.103 e. The van der Waals surface area contributed by atoms with Crippen LogP contribution in [0.4, 0.5) is 0 Å². The van der Waals surface area contributed by atoms with E-state index in [9.17, 15) is 0 Å². The molecule has 0 spiro atoms. The lowest BCUT2D eigenvalue weighted by Crippen LogP contribution is -1.99. The molecule has 4 heteroatoms. The van der Waals surface area contributed by atoms with Crippen LogP contribution >= 0.6 is 15.8 Å². The summed E-state index contributed by atoms with van der Waals surface area (Å²) in [4.78, 5) is 0. The fourth-order valence-electron chi connectivity index (χ4n) is 0.678. The normalized spacial score (nSPS) is 14.8. The summed E-state index contributed by atoms with van der Waals surface area (Å²) in [5.74, 6) is 1.51. The maximum atomic E-state index is 2.45. The van der Waals surface area contributed by atoms with Gasteiger partial charge in [-0.25, -0.2) is 0 Å². The third-order valence-electron chi connectivity index (χ3n) is 2.21. The van der Waals surface area contributed by atoms with Gasteiger partial charge < -0.3 is 0 Å². The van der Waals surface area contributed by atoms with E-state index in [1.807, 2.05) is 0 Å². The van der Waals surface area contributed by atoms with Crippen molar-refractivity contribution >= 4 is 32.7 Å². The van der Waals surface area contributed by atoms with Crippen LogP contribution in [0.25, 0.3) is 0 Å². The molecule has 0 rings (SSSR count). The molecule has 0 heterocycles. The molecule has 0 aliphatic carbocycles. The van der Waals surface area contributed by atoms with Crippen molar-refractivity contribution in [3.05, 3.63) is 0 Å². The van der Waals surface area contributed by atoms with Gasteiger partial charge in [0.1, 0.15) is 0 Å². The Morgan fingerprint density at radius 3 is 1.15 bits per heavy atom. The maximum Gasteiger partial charge on any atom is 0 e. The van der Waals surface area contributed by atoms with Crippen molar-refractivity contribution in [2.24, 2.45) is 0 Å². The summed E-state index contributed by atoms with van der Waals surface area (Å²) in [6, 6.07) is 0. The van der Waals surface area contributed by atoms with Gasteiger partial charge in [-0.1, -0.05) is 27.7 Å². The second-order valence-electron chi connectivity index (χ2n) is 3.84. The second kappa shape index (κ2) is 9.54. The van der Waals surface area contributed by atoms with Crippen molar-refractivity contribution in [3.63, 3.8) is 0 Å². The van der Waals surface area contributed by atoms with Crippen LogP contribution in [-0.4, -0.2) is 47.4 Å². The Morgan fingerprint density at radius 2 is 1.00 bits per heavy atom. The second-order valence-corrected chi connectivity index (χ2v) is 10.1. The summed E-state index contributed by atoms with van der Waals surface area (Å²) in [6.07, 6.45) is 0. The zero-order chi connectivity index (χ0) is 9.02. The Hall–Kier alpha value is 0.990. The number of hydrogen-bond acceptors (Lipinski definition) is 0. The average molecular weight is 214 g/mol. The molecule has 0 saturated heterocycles. The zero-order valence-corrected chi connectivity index (χ0v) is 11.7. The monoisotopic (exact) mass is 214 g/mol. The Kier molecular flexibility index (Phi) is 14.3. The molecule has 0 aromatic rings. The molecule has 0 aliphatic heterocycles. The van der Waals surface area contributed by atoms with Crippen LogP contribution in [0.2, 0.25) is 0 Å². The minimum absolute atomic E-state index is 0. The standard InChI is InChI=1S/C9H22P2.2B/c1-8(2)10(5)7-11(6)9(3)4;;/h8-9H,7H2,1-6H3;;/t10-,11-;;/m0../s1. The zero-order valence-electron chi connectivity index (χ0n) is 9.91. The first-order chi connectivity index (χ1) is 4.95. The lowest BCUT2D eigenvalue weighted by atomic mass is 10.6. The molecule has 2 atom stereocenters. The molecule has 0 amide bonds. The summed E-state index contributed by atoms with van der Waals surface area (Å²) in [6.45, 7) is 14.3. The summed E-state index contributed by atoms with van der Waals surface area (Å²) >= 11 is 0. The third-order valence-corrected chi connectivity index (χ3v) is 9.30. The Labute approximate surface area is 91.3 Å². The van der Waals surface area contributed by atoms with Gasteiger partial charge in [0.15, 0.2) is 0 Å². The van der Waals surface area contributed by atoms with Crippen LogP contribution in [0, 0.1) is 0 Å². The van der Waals surface area contributed by atoms with Gasteiger partial charge in [-0.3, -0.25) is 0 Å². The molecule has 6 radical (unpaired) electrons. The third kappa shape index (κ3) is 9.30. The molecule has 13 heavy (non-hydrogen) atoms. The Morgan fingerprint density at radius 1 is 0.769 bits per heavy atom. The van der Waals surface area contributed by atoms with Crippen molar-refractivity contribution in [1.82, 2.24) is 0 Å². The molecule has 0 aromatic heterocycles. The fourth-order valence-corrected chi connectivity index (χ4v) is 6.11. The van der Waals surface area contributed by atoms with Gasteiger partial charge in [0.2, 0.25) is 0 Å². The quantitative estimate of drug-likeness (QED) is 0.497. The van der Waals surface area contributed by atoms with E-state index < -0.39 is 0 Å². The summed E-state index contributed by atoms with van der Waals surface area (Å²) in [7, 11) is 0.635. The van der Waals surface area contributed by atoms with Crippen molar-refractivity contribution in [2.75, 3.05) is 19.2 Å². The Bertz CT molecular complexity index is 95.8. The summed E-state index contributed by atoms with van der Waals surface area (Å²) in [5, 5.41) is 0. The van der Waals surface area contributed by atoms with Gasteiger partial charge in [0, 0.05) is 16.8 Å². The molecule has 74 valence electrons. The molecule has 0 fully saturated rings. The number of rotatable bonds is 4. The first-order valence-corrected chi connectivity index (χ1v) is 8.44. The van der Waals surface area contributed by atoms with Gasteiger partial charge in [-0.2, -0.15) is 0 Å². The Balaban J connectivity index is -0.000000500. The molecule has 0 saturated carbocycles. The van der Waals surface area contributed by atoms with Crippen LogP contribution in [0.3, 0.4) is 0 Å². The molecule has 0 nitrogen and oxygen atoms in total. The van der Waals surface area contributed by atoms with E-state index in [0.717, 1.165) is 11.3 Å². The van der Waals surface area contributed by atoms with Crippen molar-refractivity contribution in [1.29, 1.82) is 0 Å². The van der Waals surface area contributed by atoms with Crippen molar-refractivity contribution in [2.45, 2.75) is 39.0 Å². The molecule has 0 aromatic carbocycles. The van der Waals surface area contributed by atoms with Crippen LogP contribution < -0.4 is 0 Å². The van der Waals surface area contributed by atoms with E-state index in [2.05, 4.69) is 41.0 Å². The highest BCUT2D eigenvalue weighted by Gasteiger charge is 2.12. The lowest BCUT2D eigenvalue weighted by molar-refractivity contribution is 1.08. The summed E-state index contributed by atoms with van der Waals surface area (Å²) < 4.78 is 0. The highest BCUT2D eigenvalue weighted by Crippen LogP contribution is 2.51. The molecular formula is C9H22B2P2. The van der Waals surface area contributed by atoms with Crippen molar-refractivity contribution in [3.8, 4) is 0 Å². The van der Waals surface area contributed by atoms with E-state index >= 15 is 0 Å². The fraction of sp³-hybridized carbons (Fsp3) is 1.00. The van der Waals surface area contributed by atoms with Gasteiger partial charge in [-0.05, 0) is 30.6 Å². The van der Waals surface area contributed by atoms with Gasteiger partial charge in [0.25, 0.3) is 0 Å². The highest BCUT2D eigenvalue weighted by atomic mass is 31.2. The van der Waals surface area contributed by atoms with Gasteiger partial charge >= 0.3 is 0 Å². The predicted octanol–water partition coefficient (Wildman–Crippen LogP) is 3.22. The topological polar surface area (TPSA) is 0 Å². The van der Waals surface area contributed by atoms with Gasteiger partial charge in [-0.15, -0.1) is 15.8 Å². The van der Waals surface area contributed by atoms with Crippen LogP contribution in [0.1, 0.15) is 27.7 Å². The first kappa shape index (κ1) is 19.5. The molecule has 0 aliphatic rings. The molecule has 0 unspecified atom stereocenters. The van der Waals surface area contributed by atoms with Gasteiger partial charge in [0.05, 0.1) is 0 Å². The minimum atomic E-state index is 0. The van der Waals surface area contributed by atoms with E-state index in [1.165, 1.54) is 5.90 Å².